The van der Waals surface area contributed by atoms with Gasteiger partial charge in [0.15, 0.2) is 0 Å². The predicted octanol–water partition coefficient (Wildman–Crippen LogP) is 1.79. The maximum Gasteiger partial charge on any atom is 0.259 e. The topological polar surface area (TPSA) is 32.3 Å². The fourth-order valence-electron chi connectivity index (χ4n) is 2.38. The van der Waals surface area contributed by atoms with E-state index >= 15 is 0 Å². The van der Waals surface area contributed by atoms with Crippen molar-refractivity contribution in [3.8, 4) is 0 Å². The highest BCUT2D eigenvalue weighted by atomic mass is 19.1. The fraction of sp³-hybridized carbons (Fsp3) is 0.462. The number of amides is 1. The smallest absolute Gasteiger partial charge is 0.259 e. The summed E-state index contributed by atoms with van der Waals surface area (Å²) in [5.41, 5.74) is -0.675. The van der Waals surface area contributed by atoms with Crippen molar-refractivity contribution in [3.05, 3.63) is 35.1 Å². The summed E-state index contributed by atoms with van der Waals surface area (Å²) in [7, 11) is 1.81. The number of hydrogen-bond acceptors (Lipinski definition) is 2. The van der Waals surface area contributed by atoms with Gasteiger partial charge in [0.1, 0.15) is 23.0 Å². The van der Waals surface area contributed by atoms with E-state index in [1.165, 1.54) is 4.90 Å². The van der Waals surface area contributed by atoms with E-state index in [0.29, 0.717) is 25.2 Å². The summed E-state index contributed by atoms with van der Waals surface area (Å²) < 4.78 is 39.8. The van der Waals surface area contributed by atoms with Crippen LogP contribution in [-0.4, -0.2) is 37.5 Å². The normalized spacial score (nSPS) is 18.9. The van der Waals surface area contributed by atoms with E-state index in [-0.39, 0.29) is 5.92 Å². The van der Waals surface area contributed by atoms with Crippen molar-refractivity contribution in [1.82, 2.24) is 10.2 Å². The summed E-state index contributed by atoms with van der Waals surface area (Å²) in [6, 6.07) is 1.05. The number of carbonyl (C=O) groups is 1. The fourth-order valence-corrected chi connectivity index (χ4v) is 2.38. The molecule has 1 aromatic rings. The summed E-state index contributed by atoms with van der Waals surface area (Å²) in [5, 5.41) is 3.00. The molecule has 1 aliphatic rings. The van der Waals surface area contributed by atoms with E-state index in [2.05, 4.69) is 5.32 Å². The Morgan fingerprint density at radius 2 is 2.00 bits per heavy atom. The molecule has 1 amide bonds. The van der Waals surface area contributed by atoms with Crippen LogP contribution in [0.1, 0.15) is 16.8 Å². The largest absolute Gasteiger partial charge is 0.338 e. The number of nitrogens with one attached hydrogen (secondary N) is 1. The first-order chi connectivity index (χ1) is 9.02. The van der Waals surface area contributed by atoms with Crippen LogP contribution in [-0.2, 0) is 0 Å². The molecule has 1 aromatic carbocycles. The minimum Gasteiger partial charge on any atom is -0.338 e. The first-order valence-corrected chi connectivity index (χ1v) is 6.11. The SMILES string of the molecule is CNC[C@@H]1CCN(C(=O)c2c(F)cc(F)cc2F)C1. The third kappa shape index (κ3) is 2.89. The number of carbonyl (C=O) groups excluding carboxylic acids is 1. The number of halogens is 3. The van der Waals surface area contributed by atoms with Crippen molar-refractivity contribution in [2.24, 2.45) is 5.92 Å². The standard InChI is InChI=1S/C13H15F3N2O/c1-17-6-8-2-3-18(7-8)13(19)12-10(15)4-9(14)5-11(12)16/h4-5,8,17H,2-3,6-7H2,1H3/t8-/m0/s1. The summed E-state index contributed by atoms with van der Waals surface area (Å²) in [4.78, 5) is 13.5. The van der Waals surface area contributed by atoms with Gasteiger partial charge in [0.05, 0.1) is 0 Å². The van der Waals surface area contributed by atoms with Crippen LogP contribution < -0.4 is 5.32 Å². The Kier molecular flexibility index (Phi) is 4.09. The predicted molar refractivity (Wildman–Crippen MR) is 64.3 cm³/mol. The van der Waals surface area contributed by atoms with Crippen molar-refractivity contribution in [2.75, 3.05) is 26.7 Å². The van der Waals surface area contributed by atoms with Crippen molar-refractivity contribution < 1.29 is 18.0 Å². The molecule has 1 saturated heterocycles. The van der Waals surface area contributed by atoms with E-state index in [0.717, 1.165) is 13.0 Å². The molecule has 104 valence electrons. The lowest BCUT2D eigenvalue weighted by atomic mass is 10.1. The lowest BCUT2D eigenvalue weighted by Crippen LogP contribution is -2.31. The minimum atomic E-state index is -1.15. The highest BCUT2D eigenvalue weighted by Gasteiger charge is 2.30. The molecule has 1 heterocycles. The zero-order valence-corrected chi connectivity index (χ0v) is 10.5. The van der Waals surface area contributed by atoms with E-state index in [4.69, 9.17) is 0 Å². The van der Waals surface area contributed by atoms with Gasteiger partial charge < -0.3 is 10.2 Å². The molecule has 0 unspecified atom stereocenters. The van der Waals surface area contributed by atoms with Crippen LogP contribution in [0.4, 0.5) is 13.2 Å². The summed E-state index contributed by atoms with van der Waals surface area (Å²) in [5.74, 6) is -3.77. The van der Waals surface area contributed by atoms with Crippen LogP contribution in [0.2, 0.25) is 0 Å². The zero-order chi connectivity index (χ0) is 14.0. The van der Waals surface area contributed by atoms with Crippen LogP contribution in [0.15, 0.2) is 12.1 Å². The highest BCUT2D eigenvalue weighted by molar-refractivity contribution is 5.95. The van der Waals surface area contributed by atoms with Crippen molar-refractivity contribution >= 4 is 5.91 Å². The van der Waals surface area contributed by atoms with Gasteiger partial charge in [-0.2, -0.15) is 0 Å². The molecule has 0 aliphatic carbocycles. The van der Waals surface area contributed by atoms with Gasteiger partial charge >= 0.3 is 0 Å². The monoisotopic (exact) mass is 272 g/mol. The zero-order valence-electron chi connectivity index (χ0n) is 10.5. The van der Waals surface area contributed by atoms with E-state index in [1.54, 1.807) is 0 Å². The number of hydrogen-bond donors (Lipinski definition) is 1. The average molecular weight is 272 g/mol. The average Bonchev–Trinajstić information content (AvgIpc) is 2.76. The summed E-state index contributed by atoms with van der Waals surface area (Å²) >= 11 is 0. The molecule has 0 aromatic heterocycles. The van der Waals surface area contributed by atoms with Gasteiger partial charge in [-0.05, 0) is 25.9 Å². The lowest BCUT2D eigenvalue weighted by Gasteiger charge is -2.17. The van der Waals surface area contributed by atoms with Crippen molar-refractivity contribution in [3.63, 3.8) is 0 Å². The third-order valence-corrected chi connectivity index (χ3v) is 3.29. The van der Waals surface area contributed by atoms with Gasteiger partial charge in [0, 0.05) is 25.2 Å². The van der Waals surface area contributed by atoms with Crippen molar-refractivity contribution in [1.29, 1.82) is 0 Å². The quantitative estimate of drug-likeness (QED) is 0.909. The molecule has 1 fully saturated rings. The molecule has 2 rings (SSSR count). The Balaban J connectivity index is 2.17. The summed E-state index contributed by atoms with van der Waals surface area (Å²) in [6.45, 7) is 1.66. The van der Waals surface area contributed by atoms with Gasteiger partial charge in [0.25, 0.3) is 5.91 Å². The first-order valence-electron chi connectivity index (χ1n) is 6.11. The molecule has 6 heteroatoms. The lowest BCUT2D eigenvalue weighted by molar-refractivity contribution is 0.0777. The molecule has 0 spiro atoms. The molecule has 1 atom stereocenters. The Morgan fingerprint density at radius 3 is 2.58 bits per heavy atom. The molecular weight excluding hydrogens is 257 g/mol. The van der Waals surface area contributed by atoms with Crippen LogP contribution in [0, 0.1) is 23.4 Å². The van der Waals surface area contributed by atoms with Crippen LogP contribution >= 0.6 is 0 Å². The Hall–Kier alpha value is -1.56. The van der Waals surface area contributed by atoms with Gasteiger partial charge in [-0.25, -0.2) is 13.2 Å². The summed E-state index contributed by atoms with van der Waals surface area (Å²) in [6.07, 6.45) is 0.789. The maximum absolute atomic E-state index is 13.5. The molecule has 19 heavy (non-hydrogen) atoms. The second-order valence-corrected chi connectivity index (χ2v) is 4.71. The van der Waals surface area contributed by atoms with Gasteiger partial charge in [-0.15, -0.1) is 0 Å². The molecule has 0 radical (unpaired) electrons. The number of benzene rings is 1. The highest BCUT2D eigenvalue weighted by Crippen LogP contribution is 2.22. The van der Waals surface area contributed by atoms with E-state index < -0.39 is 28.9 Å². The third-order valence-electron chi connectivity index (χ3n) is 3.29. The number of nitrogens with zero attached hydrogens (tertiary/aromatic N) is 1. The molecule has 1 N–H and O–H groups in total. The van der Waals surface area contributed by atoms with Gasteiger partial charge in [-0.1, -0.05) is 0 Å². The Morgan fingerprint density at radius 1 is 1.37 bits per heavy atom. The first kappa shape index (κ1) is 13.9. The van der Waals surface area contributed by atoms with Gasteiger partial charge in [0.2, 0.25) is 0 Å². The number of rotatable bonds is 3. The number of likely N-dealkylation sites (tertiary alicyclic amines) is 1. The van der Waals surface area contributed by atoms with Crippen molar-refractivity contribution in [2.45, 2.75) is 6.42 Å². The van der Waals surface area contributed by atoms with Crippen LogP contribution in [0.3, 0.4) is 0 Å². The Labute approximate surface area is 109 Å². The molecule has 1 aliphatic heterocycles. The second-order valence-electron chi connectivity index (χ2n) is 4.71. The van der Waals surface area contributed by atoms with Gasteiger partial charge in [-0.3, -0.25) is 4.79 Å². The molecule has 0 saturated carbocycles. The maximum atomic E-state index is 13.5. The Bertz CT molecular complexity index is 470. The van der Waals surface area contributed by atoms with E-state index in [9.17, 15) is 18.0 Å². The van der Waals surface area contributed by atoms with E-state index in [1.807, 2.05) is 7.05 Å². The van der Waals surface area contributed by atoms with Crippen LogP contribution in [0.5, 0.6) is 0 Å². The molecular formula is C13H15F3N2O. The molecule has 0 bridgehead atoms. The molecule has 3 nitrogen and oxygen atoms in total. The van der Waals surface area contributed by atoms with Crippen LogP contribution in [0.25, 0.3) is 0 Å². The second kappa shape index (κ2) is 5.61. The minimum absolute atomic E-state index is 0.278.